The fourth-order valence-electron chi connectivity index (χ4n) is 3.94. The van der Waals surface area contributed by atoms with Crippen LogP contribution in [0.5, 0.6) is 5.75 Å². The predicted molar refractivity (Wildman–Crippen MR) is 128 cm³/mol. The predicted octanol–water partition coefficient (Wildman–Crippen LogP) is 5.27. The van der Waals surface area contributed by atoms with E-state index in [0.29, 0.717) is 29.9 Å². The number of amides is 2. The lowest BCUT2D eigenvalue weighted by Crippen LogP contribution is -2.31. The van der Waals surface area contributed by atoms with Crippen LogP contribution >= 0.6 is 0 Å². The molecule has 1 heterocycles. The van der Waals surface area contributed by atoms with Crippen molar-refractivity contribution in [3.8, 4) is 17.0 Å². The standard InChI is InChI=1S/C26H30N4O3/c1-17(2)13-25(32)28-20-11-12-21(24(31)14-20)22-15-23(19-9-6-10-19)30(29-22)26(33)27-16-18-7-4-3-5-8-18/h3-5,7-8,11-12,14-15,17,19,31H,6,9-10,13,16H2,1-2H3,(H,27,33)(H,28,32). The molecule has 0 radical (unpaired) electrons. The number of phenolic OH excluding ortho intramolecular Hbond substituents is 1. The van der Waals surface area contributed by atoms with Gasteiger partial charge in [-0.2, -0.15) is 9.78 Å². The van der Waals surface area contributed by atoms with Crippen LogP contribution in [0, 0.1) is 5.92 Å². The van der Waals surface area contributed by atoms with Crippen molar-refractivity contribution in [2.75, 3.05) is 5.32 Å². The Morgan fingerprint density at radius 1 is 1.12 bits per heavy atom. The molecule has 172 valence electrons. The molecule has 1 aliphatic rings. The number of phenols is 1. The minimum Gasteiger partial charge on any atom is -0.507 e. The van der Waals surface area contributed by atoms with Gasteiger partial charge in [-0.25, -0.2) is 4.79 Å². The molecule has 2 amide bonds. The van der Waals surface area contributed by atoms with Gasteiger partial charge < -0.3 is 15.7 Å². The van der Waals surface area contributed by atoms with Gasteiger partial charge in [0.05, 0.1) is 11.4 Å². The summed E-state index contributed by atoms with van der Waals surface area (Å²) >= 11 is 0. The topological polar surface area (TPSA) is 96.3 Å². The Morgan fingerprint density at radius 2 is 1.88 bits per heavy atom. The number of hydrogen-bond donors (Lipinski definition) is 3. The van der Waals surface area contributed by atoms with Gasteiger partial charge in [0.15, 0.2) is 0 Å². The number of rotatable bonds is 7. The summed E-state index contributed by atoms with van der Waals surface area (Å²) in [5.41, 5.74) is 3.45. The summed E-state index contributed by atoms with van der Waals surface area (Å²) in [4.78, 5) is 25.0. The summed E-state index contributed by atoms with van der Waals surface area (Å²) in [6.45, 7) is 4.37. The Labute approximate surface area is 193 Å². The SMILES string of the molecule is CC(C)CC(=O)Nc1ccc(-c2cc(C3CCC3)n(C(=O)NCc3ccccc3)n2)c(O)c1. The Bertz CT molecular complexity index is 1130. The van der Waals surface area contributed by atoms with Gasteiger partial charge >= 0.3 is 6.03 Å². The molecule has 0 bridgehead atoms. The highest BCUT2D eigenvalue weighted by molar-refractivity contribution is 5.91. The van der Waals surface area contributed by atoms with E-state index in [-0.39, 0.29) is 29.5 Å². The first-order chi connectivity index (χ1) is 15.9. The maximum Gasteiger partial charge on any atom is 0.342 e. The monoisotopic (exact) mass is 446 g/mol. The van der Waals surface area contributed by atoms with Crippen molar-refractivity contribution in [2.45, 2.75) is 52.0 Å². The van der Waals surface area contributed by atoms with Crippen LogP contribution in [0.25, 0.3) is 11.3 Å². The molecule has 1 aromatic heterocycles. The molecule has 0 spiro atoms. The molecule has 2 aromatic carbocycles. The largest absolute Gasteiger partial charge is 0.507 e. The molecule has 7 nitrogen and oxygen atoms in total. The molecular weight excluding hydrogens is 416 g/mol. The van der Waals surface area contributed by atoms with Gasteiger partial charge in [0.1, 0.15) is 5.75 Å². The van der Waals surface area contributed by atoms with E-state index >= 15 is 0 Å². The summed E-state index contributed by atoms with van der Waals surface area (Å²) in [7, 11) is 0. The number of aromatic hydroxyl groups is 1. The third-order valence-electron chi connectivity index (χ3n) is 5.89. The fraction of sp³-hybridized carbons (Fsp3) is 0.346. The molecule has 1 aliphatic carbocycles. The maximum atomic E-state index is 13.0. The zero-order valence-corrected chi connectivity index (χ0v) is 19.0. The summed E-state index contributed by atoms with van der Waals surface area (Å²) < 4.78 is 1.43. The van der Waals surface area contributed by atoms with Gasteiger partial charge in [0.2, 0.25) is 5.91 Å². The van der Waals surface area contributed by atoms with Crippen molar-refractivity contribution >= 4 is 17.6 Å². The van der Waals surface area contributed by atoms with Crippen LogP contribution < -0.4 is 10.6 Å². The molecule has 4 rings (SSSR count). The van der Waals surface area contributed by atoms with Gasteiger partial charge in [-0.15, -0.1) is 0 Å². The summed E-state index contributed by atoms with van der Waals surface area (Å²) in [6, 6.07) is 16.3. The number of carbonyl (C=O) groups is 2. The summed E-state index contributed by atoms with van der Waals surface area (Å²) in [5.74, 6) is 0.445. The van der Waals surface area contributed by atoms with E-state index in [0.717, 1.165) is 30.5 Å². The van der Waals surface area contributed by atoms with Gasteiger partial charge in [-0.1, -0.05) is 50.6 Å². The Balaban J connectivity index is 1.55. The van der Waals surface area contributed by atoms with Crippen LogP contribution in [0.15, 0.2) is 54.6 Å². The van der Waals surface area contributed by atoms with Crippen LogP contribution in [-0.4, -0.2) is 26.8 Å². The molecular formula is C26H30N4O3. The summed E-state index contributed by atoms with van der Waals surface area (Å²) in [6.07, 6.45) is 3.58. The highest BCUT2D eigenvalue weighted by atomic mass is 16.3. The third-order valence-corrected chi connectivity index (χ3v) is 5.89. The highest BCUT2D eigenvalue weighted by Gasteiger charge is 2.27. The van der Waals surface area contributed by atoms with Crippen LogP contribution in [0.3, 0.4) is 0 Å². The van der Waals surface area contributed by atoms with Gasteiger partial charge in [-0.3, -0.25) is 4.79 Å². The highest BCUT2D eigenvalue weighted by Crippen LogP contribution is 2.39. The molecule has 0 saturated heterocycles. The van der Waals surface area contributed by atoms with E-state index in [1.54, 1.807) is 12.1 Å². The first-order valence-corrected chi connectivity index (χ1v) is 11.5. The number of hydrogen-bond acceptors (Lipinski definition) is 4. The molecule has 0 atom stereocenters. The van der Waals surface area contributed by atoms with E-state index in [1.165, 1.54) is 10.7 Å². The van der Waals surface area contributed by atoms with Gasteiger partial charge in [-0.05, 0) is 42.5 Å². The molecule has 1 saturated carbocycles. The second kappa shape index (κ2) is 9.90. The average molecular weight is 447 g/mol. The van der Waals surface area contributed by atoms with Crippen molar-refractivity contribution < 1.29 is 14.7 Å². The first-order valence-electron chi connectivity index (χ1n) is 11.5. The smallest absolute Gasteiger partial charge is 0.342 e. The lowest BCUT2D eigenvalue weighted by Gasteiger charge is -2.25. The van der Waals surface area contributed by atoms with Crippen molar-refractivity contribution in [1.29, 1.82) is 0 Å². The van der Waals surface area contributed by atoms with Crippen molar-refractivity contribution in [1.82, 2.24) is 15.1 Å². The number of carbonyl (C=O) groups excluding carboxylic acids is 2. The zero-order chi connectivity index (χ0) is 23.4. The number of anilines is 1. The van der Waals surface area contributed by atoms with Crippen molar-refractivity contribution in [3.63, 3.8) is 0 Å². The lowest BCUT2D eigenvalue weighted by molar-refractivity contribution is -0.116. The molecule has 3 aromatic rings. The molecule has 0 unspecified atom stereocenters. The number of benzene rings is 2. The molecule has 33 heavy (non-hydrogen) atoms. The second-order valence-electron chi connectivity index (χ2n) is 9.02. The van der Waals surface area contributed by atoms with E-state index in [2.05, 4.69) is 15.7 Å². The van der Waals surface area contributed by atoms with Gasteiger partial charge in [0, 0.05) is 36.2 Å². The average Bonchev–Trinajstić information content (AvgIpc) is 3.15. The van der Waals surface area contributed by atoms with Crippen LogP contribution in [0.1, 0.15) is 56.7 Å². The minimum absolute atomic E-state index is 0.00634. The number of nitrogens with zero attached hydrogens (tertiary/aromatic N) is 2. The number of nitrogens with one attached hydrogen (secondary N) is 2. The first kappa shape index (κ1) is 22.6. The Kier molecular flexibility index (Phi) is 6.77. The van der Waals surface area contributed by atoms with Crippen LogP contribution in [0.4, 0.5) is 10.5 Å². The fourth-order valence-corrected chi connectivity index (χ4v) is 3.94. The van der Waals surface area contributed by atoms with Crippen LogP contribution in [-0.2, 0) is 11.3 Å². The lowest BCUT2D eigenvalue weighted by atomic mass is 9.82. The number of aromatic nitrogens is 2. The van der Waals surface area contributed by atoms with E-state index in [9.17, 15) is 14.7 Å². The molecule has 1 fully saturated rings. The van der Waals surface area contributed by atoms with E-state index in [1.807, 2.05) is 50.2 Å². The van der Waals surface area contributed by atoms with Crippen molar-refractivity contribution in [3.05, 3.63) is 65.9 Å². The second-order valence-corrected chi connectivity index (χ2v) is 9.02. The summed E-state index contributed by atoms with van der Waals surface area (Å²) in [5, 5.41) is 20.9. The minimum atomic E-state index is -0.288. The van der Waals surface area contributed by atoms with Gasteiger partial charge in [0.25, 0.3) is 0 Å². The van der Waals surface area contributed by atoms with Crippen molar-refractivity contribution in [2.24, 2.45) is 5.92 Å². The molecule has 7 heteroatoms. The van der Waals surface area contributed by atoms with E-state index < -0.39 is 0 Å². The zero-order valence-electron chi connectivity index (χ0n) is 19.0. The van der Waals surface area contributed by atoms with Crippen LogP contribution in [0.2, 0.25) is 0 Å². The normalized spacial score (nSPS) is 13.5. The third kappa shape index (κ3) is 5.42. The molecule has 3 N–H and O–H groups in total. The van der Waals surface area contributed by atoms with E-state index in [4.69, 9.17) is 0 Å². The quantitative estimate of drug-likeness (QED) is 0.461. The Morgan fingerprint density at radius 3 is 2.52 bits per heavy atom. The molecule has 0 aliphatic heterocycles. The maximum absolute atomic E-state index is 13.0. The Hall–Kier alpha value is -3.61.